The summed E-state index contributed by atoms with van der Waals surface area (Å²) < 4.78 is 6.17. The Bertz CT molecular complexity index is 1060. The van der Waals surface area contributed by atoms with Crippen LogP contribution in [0.1, 0.15) is 23.2 Å². The first-order valence-corrected chi connectivity index (χ1v) is 9.67. The van der Waals surface area contributed by atoms with Crippen LogP contribution in [0.2, 0.25) is 0 Å². The number of methoxy groups -OCH3 is 1. The van der Waals surface area contributed by atoms with Crippen LogP contribution in [0.15, 0.2) is 36.4 Å². The number of ether oxygens (including phenoxy) is 1. The second kappa shape index (κ2) is 7.43. The van der Waals surface area contributed by atoms with E-state index in [-0.39, 0.29) is 11.3 Å². The number of hydrogen-bond acceptors (Lipinski definition) is 7. The van der Waals surface area contributed by atoms with Crippen molar-refractivity contribution in [3.63, 3.8) is 0 Å². The molecule has 1 amide bonds. The quantitative estimate of drug-likeness (QED) is 0.514. The smallest absolute Gasteiger partial charge is 0.293 e. The summed E-state index contributed by atoms with van der Waals surface area (Å²) in [7, 11) is 1.56. The van der Waals surface area contributed by atoms with E-state index in [2.05, 4.69) is 10.3 Å². The van der Waals surface area contributed by atoms with Crippen molar-refractivity contribution < 1.29 is 14.5 Å². The van der Waals surface area contributed by atoms with Crippen LogP contribution >= 0.6 is 11.3 Å². The summed E-state index contributed by atoms with van der Waals surface area (Å²) in [5.74, 6) is 0.189. The minimum atomic E-state index is -0.438. The molecule has 2 heterocycles. The number of rotatable bonds is 5. The highest BCUT2D eigenvalue weighted by molar-refractivity contribution is 7.22. The number of thiazole rings is 1. The van der Waals surface area contributed by atoms with Crippen molar-refractivity contribution in [2.45, 2.75) is 12.8 Å². The molecule has 1 saturated heterocycles. The van der Waals surface area contributed by atoms with Gasteiger partial charge >= 0.3 is 0 Å². The maximum atomic E-state index is 12.6. The number of nitro groups is 1. The number of aromatic nitrogens is 1. The molecule has 0 atom stereocenters. The van der Waals surface area contributed by atoms with Gasteiger partial charge in [0, 0.05) is 24.7 Å². The molecule has 1 N–H and O–H groups in total. The predicted molar refractivity (Wildman–Crippen MR) is 109 cm³/mol. The second-order valence-electron chi connectivity index (χ2n) is 6.43. The predicted octanol–water partition coefficient (Wildman–Crippen LogP) is 4.07. The molecule has 1 fully saturated rings. The molecule has 2 aromatic carbocycles. The van der Waals surface area contributed by atoms with E-state index in [9.17, 15) is 14.9 Å². The third-order valence-electron chi connectivity index (χ3n) is 4.70. The van der Waals surface area contributed by atoms with Crippen LogP contribution in [0.3, 0.4) is 0 Å². The Labute approximate surface area is 164 Å². The molecule has 0 bridgehead atoms. The Morgan fingerprint density at radius 3 is 2.79 bits per heavy atom. The Kier molecular flexibility index (Phi) is 4.82. The van der Waals surface area contributed by atoms with Gasteiger partial charge in [-0.15, -0.1) is 0 Å². The SMILES string of the molecule is COc1cccc2sc(NC(=O)c3ccc(N4CCCC4)c([N+](=O)[O-])c3)nc12. The number of fused-ring (bicyclic) bond motifs is 1. The number of benzene rings is 2. The lowest BCUT2D eigenvalue weighted by atomic mass is 10.1. The van der Waals surface area contributed by atoms with E-state index in [4.69, 9.17) is 4.74 Å². The Balaban J connectivity index is 1.61. The van der Waals surface area contributed by atoms with Crippen LogP contribution in [0, 0.1) is 10.1 Å². The number of anilines is 2. The Hall–Kier alpha value is -3.20. The third kappa shape index (κ3) is 3.36. The van der Waals surface area contributed by atoms with E-state index >= 15 is 0 Å². The van der Waals surface area contributed by atoms with Crippen LogP contribution in [0.4, 0.5) is 16.5 Å². The van der Waals surface area contributed by atoms with Crippen molar-refractivity contribution in [1.29, 1.82) is 0 Å². The summed E-state index contributed by atoms with van der Waals surface area (Å²) in [5, 5.41) is 14.7. The number of carbonyl (C=O) groups excluding carboxylic acids is 1. The van der Waals surface area contributed by atoms with Gasteiger partial charge in [0.25, 0.3) is 11.6 Å². The summed E-state index contributed by atoms with van der Waals surface area (Å²) in [6.07, 6.45) is 2.03. The molecule has 9 heteroatoms. The zero-order valence-electron chi connectivity index (χ0n) is 15.2. The number of carbonyl (C=O) groups is 1. The maximum Gasteiger partial charge on any atom is 0.293 e. The van der Waals surface area contributed by atoms with Gasteiger partial charge in [-0.05, 0) is 37.1 Å². The van der Waals surface area contributed by atoms with E-state index in [0.717, 1.165) is 30.6 Å². The zero-order chi connectivity index (χ0) is 19.7. The highest BCUT2D eigenvalue weighted by atomic mass is 32.1. The monoisotopic (exact) mass is 398 g/mol. The van der Waals surface area contributed by atoms with Gasteiger partial charge in [0.2, 0.25) is 0 Å². The molecule has 144 valence electrons. The van der Waals surface area contributed by atoms with Crippen LogP contribution in [-0.4, -0.2) is 36.0 Å². The van der Waals surface area contributed by atoms with Crippen molar-refractivity contribution in [1.82, 2.24) is 4.98 Å². The fourth-order valence-electron chi connectivity index (χ4n) is 3.35. The summed E-state index contributed by atoms with van der Waals surface area (Å²) in [5.41, 5.74) is 1.39. The van der Waals surface area contributed by atoms with Crippen molar-refractivity contribution in [2.24, 2.45) is 0 Å². The second-order valence-corrected chi connectivity index (χ2v) is 7.47. The number of hydrogen-bond donors (Lipinski definition) is 1. The Morgan fingerprint density at radius 1 is 1.29 bits per heavy atom. The molecule has 0 radical (unpaired) electrons. The minimum Gasteiger partial charge on any atom is -0.494 e. The number of amides is 1. The van der Waals surface area contributed by atoms with Crippen LogP contribution in [0.25, 0.3) is 10.2 Å². The summed E-state index contributed by atoms with van der Waals surface area (Å²) in [4.78, 5) is 30.1. The van der Waals surface area contributed by atoms with Gasteiger partial charge in [-0.2, -0.15) is 0 Å². The fourth-order valence-corrected chi connectivity index (χ4v) is 4.23. The molecule has 3 aromatic rings. The van der Waals surface area contributed by atoms with E-state index < -0.39 is 10.8 Å². The van der Waals surface area contributed by atoms with E-state index in [1.165, 1.54) is 17.4 Å². The molecule has 0 saturated carbocycles. The molecule has 0 aliphatic carbocycles. The van der Waals surface area contributed by atoms with Crippen molar-refractivity contribution in [2.75, 3.05) is 30.4 Å². The minimum absolute atomic E-state index is 0.0551. The number of nitrogens with zero attached hydrogens (tertiary/aromatic N) is 3. The fraction of sp³-hybridized carbons (Fsp3) is 0.263. The average Bonchev–Trinajstić information content (AvgIpc) is 3.36. The van der Waals surface area contributed by atoms with Gasteiger partial charge in [0.1, 0.15) is 17.0 Å². The topological polar surface area (TPSA) is 97.6 Å². The lowest BCUT2D eigenvalue weighted by molar-refractivity contribution is -0.384. The molecule has 0 spiro atoms. The molecular weight excluding hydrogens is 380 g/mol. The maximum absolute atomic E-state index is 12.6. The number of nitro benzene ring substituents is 1. The van der Waals surface area contributed by atoms with Gasteiger partial charge in [-0.3, -0.25) is 20.2 Å². The molecule has 0 unspecified atom stereocenters. The number of nitrogens with one attached hydrogen (secondary N) is 1. The normalized spacial score (nSPS) is 13.7. The van der Waals surface area contributed by atoms with Gasteiger partial charge in [0.15, 0.2) is 5.13 Å². The first-order chi connectivity index (χ1) is 13.6. The van der Waals surface area contributed by atoms with E-state index in [0.29, 0.717) is 22.1 Å². The van der Waals surface area contributed by atoms with E-state index in [1.807, 2.05) is 17.0 Å². The first-order valence-electron chi connectivity index (χ1n) is 8.85. The van der Waals surface area contributed by atoms with Crippen molar-refractivity contribution in [3.8, 4) is 5.75 Å². The van der Waals surface area contributed by atoms with Crippen LogP contribution in [-0.2, 0) is 0 Å². The lowest BCUT2D eigenvalue weighted by Crippen LogP contribution is -2.19. The van der Waals surface area contributed by atoms with Gasteiger partial charge in [0.05, 0.1) is 16.7 Å². The zero-order valence-corrected chi connectivity index (χ0v) is 16.0. The van der Waals surface area contributed by atoms with Crippen LogP contribution in [0.5, 0.6) is 5.75 Å². The van der Waals surface area contributed by atoms with Gasteiger partial charge in [-0.25, -0.2) is 4.98 Å². The largest absolute Gasteiger partial charge is 0.494 e. The van der Waals surface area contributed by atoms with E-state index in [1.54, 1.807) is 25.3 Å². The Morgan fingerprint density at radius 2 is 2.07 bits per heavy atom. The number of para-hydroxylation sites is 1. The average molecular weight is 398 g/mol. The van der Waals surface area contributed by atoms with Gasteiger partial charge in [-0.1, -0.05) is 17.4 Å². The molecule has 1 aromatic heterocycles. The van der Waals surface area contributed by atoms with Gasteiger partial charge < -0.3 is 9.64 Å². The van der Waals surface area contributed by atoms with Crippen molar-refractivity contribution >= 4 is 44.0 Å². The summed E-state index contributed by atoms with van der Waals surface area (Å²) in [6, 6.07) is 10.1. The molecule has 8 nitrogen and oxygen atoms in total. The van der Waals surface area contributed by atoms with Crippen molar-refractivity contribution in [3.05, 3.63) is 52.1 Å². The molecule has 1 aliphatic heterocycles. The molecule has 1 aliphatic rings. The molecular formula is C19H18N4O4S. The standard InChI is InChI=1S/C19H18N4O4S/c1-27-15-5-4-6-16-17(15)20-19(28-16)21-18(24)12-7-8-13(14(11-12)23(25)26)22-9-2-3-10-22/h4-8,11H,2-3,9-10H2,1H3,(H,20,21,24). The molecule has 4 rings (SSSR count). The van der Waals surface area contributed by atoms with Crippen LogP contribution < -0.4 is 15.0 Å². The first kappa shape index (κ1) is 18.2. The molecule has 28 heavy (non-hydrogen) atoms. The third-order valence-corrected chi connectivity index (χ3v) is 5.64. The lowest BCUT2D eigenvalue weighted by Gasteiger charge is -2.17. The summed E-state index contributed by atoms with van der Waals surface area (Å²) in [6.45, 7) is 1.58. The highest BCUT2D eigenvalue weighted by Gasteiger charge is 2.24. The highest BCUT2D eigenvalue weighted by Crippen LogP contribution is 2.34. The summed E-state index contributed by atoms with van der Waals surface area (Å²) >= 11 is 1.32.